The van der Waals surface area contributed by atoms with Crippen LogP contribution in [0.1, 0.15) is 80.6 Å². The van der Waals surface area contributed by atoms with Gasteiger partial charge in [0.2, 0.25) is 6.29 Å². The second kappa shape index (κ2) is 9.69. The summed E-state index contributed by atoms with van der Waals surface area (Å²) in [5.41, 5.74) is -3.92. The summed E-state index contributed by atoms with van der Waals surface area (Å²) in [6.07, 6.45) is -1.22. The van der Waals surface area contributed by atoms with Gasteiger partial charge in [0.15, 0.2) is 6.10 Å². The molecule has 11 heteroatoms. The van der Waals surface area contributed by atoms with Crippen LogP contribution in [0, 0.1) is 34.5 Å². The number of carbonyl (C=O) groups excluding carboxylic acids is 4. The molecular formula is C30H42O11. The predicted molar refractivity (Wildman–Crippen MR) is 140 cm³/mol. The molecule has 5 aliphatic rings. The summed E-state index contributed by atoms with van der Waals surface area (Å²) < 4.78 is 29.8. The van der Waals surface area contributed by atoms with Gasteiger partial charge in [-0.3, -0.25) is 19.2 Å². The molecule has 0 aromatic rings. The van der Waals surface area contributed by atoms with Gasteiger partial charge in [-0.2, -0.15) is 0 Å². The molecule has 1 spiro atoms. The SMILES string of the molecule is CCC(C)C(=O)OC1OC=C2C3OC(=O)C4(C)C(CC25C1CC(OC(=O)CC(C)(C)O)C45)C3OC(=O)CC(C)(C)O. The minimum Gasteiger partial charge on any atom is -0.462 e. The minimum absolute atomic E-state index is 0.245. The van der Waals surface area contributed by atoms with Gasteiger partial charge in [0.25, 0.3) is 0 Å². The fraction of sp³-hybridized carbons (Fsp3) is 0.800. The van der Waals surface area contributed by atoms with Crippen LogP contribution >= 0.6 is 0 Å². The van der Waals surface area contributed by atoms with E-state index < -0.39 is 88.3 Å². The first-order chi connectivity index (χ1) is 18.9. The van der Waals surface area contributed by atoms with E-state index in [0.29, 0.717) is 18.4 Å². The van der Waals surface area contributed by atoms with E-state index in [1.165, 1.54) is 34.0 Å². The average molecular weight is 579 g/mol. The van der Waals surface area contributed by atoms with Crippen molar-refractivity contribution in [3.8, 4) is 0 Å². The van der Waals surface area contributed by atoms with Crippen LogP contribution in [0.2, 0.25) is 0 Å². The van der Waals surface area contributed by atoms with Crippen molar-refractivity contribution in [2.24, 2.45) is 34.5 Å². The summed E-state index contributed by atoms with van der Waals surface area (Å²) in [7, 11) is 0. The van der Waals surface area contributed by atoms with Crippen molar-refractivity contribution in [3.63, 3.8) is 0 Å². The maximum atomic E-state index is 13.7. The molecule has 0 aromatic heterocycles. The lowest BCUT2D eigenvalue weighted by Gasteiger charge is -2.51. The van der Waals surface area contributed by atoms with Gasteiger partial charge < -0.3 is 33.9 Å². The number of fused-ring (bicyclic) bond motifs is 3. The lowest BCUT2D eigenvalue weighted by Crippen LogP contribution is -2.59. The van der Waals surface area contributed by atoms with E-state index in [9.17, 15) is 29.4 Å². The Morgan fingerprint density at radius 1 is 1.05 bits per heavy atom. The van der Waals surface area contributed by atoms with Gasteiger partial charge in [-0.25, -0.2) is 0 Å². The Hall–Kier alpha value is -2.66. The number of aliphatic hydroxyl groups is 2. The lowest BCUT2D eigenvalue weighted by molar-refractivity contribution is -0.214. The first-order valence-electron chi connectivity index (χ1n) is 14.5. The predicted octanol–water partition coefficient (Wildman–Crippen LogP) is 2.55. The van der Waals surface area contributed by atoms with Crippen molar-refractivity contribution >= 4 is 23.9 Å². The first-order valence-corrected chi connectivity index (χ1v) is 14.5. The van der Waals surface area contributed by atoms with Crippen LogP contribution in [0.3, 0.4) is 0 Å². The third kappa shape index (κ3) is 4.73. The Morgan fingerprint density at radius 2 is 1.66 bits per heavy atom. The van der Waals surface area contributed by atoms with Gasteiger partial charge in [-0.15, -0.1) is 0 Å². The highest BCUT2D eigenvalue weighted by atomic mass is 16.7. The van der Waals surface area contributed by atoms with Crippen LogP contribution in [0.4, 0.5) is 0 Å². The van der Waals surface area contributed by atoms with Crippen LogP contribution < -0.4 is 0 Å². The number of carbonyl (C=O) groups is 4. The molecule has 0 aromatic carbocycles. The monoisotopic (exact) mass is 578 g/mol. The van der Waals surface area contributed by atoms with Crippen molar-refractivity contribution in [2.75, 3.05) is 0 Å². The molecular weight excluding hydrogens is 536 g/mol. The summed E-state index contributed by atoms with van der Waals surface area (Å²) in [5.74, 6) is -3.95. The van der Waals surface area contributed by atoms with Crippen LogP contribution in [0.15, 0.2) is 11.8 Å². The molecule has 3 bridgehead atoms. The molecule has 2 aliphatic heterocycles. The third-order valence-electron chi connectivity index (χ3n) is 9.87. The summed E-state index contributed by atoms with van der Waals surface area (Å²) in [4.78, 5) is 52.4. The molecule has 4 fully saturated rings. The van der Waals surface area contributed by atoms with Crippen LogP contribution in [-0.4, -0.2) is 69.9 Å². The highest BCUT2D eigenvalue weighted by molar-refractivity contribution is 5.83. The van der Waals surface area contributed by atoms with Crippen molar-refractivity contribution in [1.29, 1.82) is 0 Å². The Balaban J connectivity index is 1.56. The smallest absolute Gasteiger partial charge is 0.313 e. The topological polar surface area (TPSA) is 155 Å². The highest BCUT2D eigenvalue weighted by Crippen LogP contribution is 2.77. The van der Waals surface area contributed by atoms with E-state index in [2.05, 4.69) is 0 Å². The zero-order valence-electron chi connectivity index (χ0n) is 24.8. The van der Waals surface area contributed by atoms with Crippen LogP contribution in [0.5, 0.6) is 0 Å². The Morgan fingerprint density at radius 3 is 2.24 bits per heavy atom. The van der Waals surface area contributed by atoms with Crippen molar-refractivity contribution in [3.05, 3.63) is 11.8 Å². The van der Waals surface area contributed by atoms with E-state index >= 15 is 0 Å². The summed E-state index contributed by atoms with van der Waals surface area (Å²) in [5, 5.41) is 20.4. The van der Waals surface area contributed by atoms with Gasteiger partial charge in [-0.05, 0) is 53.9 Å². The van der Waals surface area contributed by atoms with E-state index in [1.54, 1.807) is 13.8 Å². The Labute approximate surface area is 239 Å². The number of rotatable bonds is 9. The van der Waals surface area contributed by atoms with Gasteiger partial charge in [0.05, 0.1) is 41.6 Å². The number of hydrogen-bond donors (Lipinski definition) is 2. The van der Waals surface area contributed by atoms with E-state index in [0.717, 1.165) is 0 Å². The second-order valence-corrected chi connectivity index (χ2v) is 14.1. The molecule has 2 heterocycles. The van der Waals surface area contributed by atoms with E-state index in [4.69, 9.17) is 23.7 Å². The molecule has 228 valence electrons. The molecule has 3 aliphatic carbocycles. The lowest BCUT2D eigenvalue weighted by atomic mass is 9.61. The Kier molecular flexibility index (Phi) is 7.05. The molecule has 5 rings (SSSR count). The molecule has 41 heavy (non-hydrogen) atoms. The molecule has 0 amide bonds. The number of hydrogen-bond acceptors (Lipinski definition) is 11. The van der Waals surface area contributed by atoms with Crippen molar-refractivity contribution < 1.29 is 53.1 Å². The van der Waals surface area contributed by atoms with Crippen LogP contribution in [0.25, 0.3) is 0 Å². The largest absolute Gasteiger partial charge is 0.462 e. The normalized spacial score (nSPS) is 39.2. The maximum Gasteiger partial charge on any atom is 0.313 e. The average Bonchev–Trinajstić information content (AvgIpc) is 3.24. The second-order valence-electron chi connectivity index (χ2n) is 14.1. The zero-order valence-corrected chi connectivity index (χ0v) is 24.8. The van der Waals surface area contributed by atoms with Gasteiger partial charge in [-0.1, -0.05) is 13.8 Å². The highest BCUT2D eigenvalue weighted by Gasteiger charge is 2.83. The molecule has 10 atom stereocenters. The van der Waals surface area contributed by atoms with E-state index in [1.807, 2.05) is 6.92 Å². The maximum absolute atomic E-state index is 13.7. The Bertz CT molecular complexity index is 1160. The molecule has 1 saturated heterocycles. The summed E-state index contributed by atoms with van der Waals surface area (Å²) in [6, 6.07) is 0. The first kappa shape index (κ1) is 29.8. The summed E-state index contributed by atoms with van der Waals surface area (Å²) >= 11 is 0. The fourth-order valence-corrected chi connectivity index (χ4v) is 8.08. The number of esters is 4. The molecule has 11 nitrogen and oxygen atoms in total. The fourth-order valence-electron chi connectivity index (χ4n) is 8.08. The van der Waals surface area contributed by atoms with Gasteiger partial charge in [0, 0.05) is 28.7 Å². The zero-order chi connectivity index (χ0) is 30.3. The molecule has 2 N–H and O–H groups in total. The standard InChI is InChI=1S/C30H42O11/c1-8-14(2)24(33)41-25-15-9-18(38-19(31)11-27(3,4)35)23-29(7)16-10-30(15,23)17(13-37-25)22(40-26(29)34)21(16)39-20(32)12-28(5,6)36/h13-16,18,21-23,25,35-36H,8-12H2,1-7H3. The summed E-state index contributed by atoms with van der Waals surface area (Å²) in [6.45, 7) is 11.5. The van der Waals surface area contributed by atoms with E-state index in [-0.39, 0.29) is 25.2 Å². The van der Waals surface area contributed by atoms with Crippen LogP contribution in [-0.2, 0) is 42.9 Å². The minimum atomic E-state index is -1.30. The van der Waals surface area contributed by atoms with Gasteiger partial charge >= 0.3 is 23.9 Å². The third-order valence-corrected chi connectivity index (χ3v) is 9.87. The van der Waals surface area contributed by atoms with Crippen molar-refractivity contribution in [2.45, 2.75) is 116 Å². The van der Waals surface area contributed by atoms with Crippen molar-refractivity contribution in [1.82, 2.24) is 0 Å². The van der Waals surface area contributed by atoms with Gasteiger partial charge in [0.1, 0.15) is 12.2 Å². The molecule has 0 radical (unpaired) electrons. The molecule has 3 saturated carbocycles. The quantitative estimate of drug-likeness (QED) is 0.306. The molecule has 10 unspecified atom stereocenters. The number of ether oxygens (including phenoxy) is 5.